The number of nitrogens with zero attached hydrogens (tertiary/aromatic N) is 1. The lowest BCUT2D eigenvalue weighted by atomic mass is 10.2. The first-order valence-corrected chi connectivity index (χ1v) is 5.47. The summed E-state index contributed by atoms with van der Waals surface area (Å²) in [6.45, 7) is 2.99. The molecule has 7 heteroatoms. The number of hydrogen-bond donors (Lipinski definition) is 1. The van der Waals surface area contributed by atoms with E-state index >= 15 is 0 Å². The van der Waals surface area contributed by atoms with Gasteiger partial charge >= 0.3 is 0 Å². The Labute approximate surface area is 105 Å². The van der Waals surface area contributed by atoms with E-state index < -0.39 is 4.92 Å². The molecule has 1 N–H and O–H groups in total. The van der Waals surface area contributed by atoms with Crippen LogP contribution in [0.4, 0.5) is 11.4 Å². The monoisotopic (exact) mass is 256 g/mol. The van der Waals surface area contributed by atoms with E-state index in [-0.39, 0.29) is 5.69 Å². The lowest BCUT2D eigenvalue weighted by Crippen LogP contribution is -2.08. The van der Waals surface area contributed by atoms with Crippen LogP contribution in [0.5, 0.6) is 5.75 Å². The molecule has 0 atom stereocenters. The van der Waals surface area contributed by atoms with Gasteiger partial charge in [0.1, 0.15) is 12.3 Å². The van der Waals surface area contributed by atoms with Crippen LogP contribution in [0.1, 0.15) is 6.92 Å². The maximum absolute atomic E-state index is 10.7. The van der Waals surface area contributed by atoms with Crippen LogP contribution in [0.2, 0.25) is 0 Å². The van der Waals surface area contributed by atoms with Crippen molar-refractivity contribution in [1.82, 2.24) is 0 Å². The standard InChI is InChI=1S/C11H16N2O5/c1-3-18-12-10-5-4-9(13(14)15)8-11(10)17-7-6-16-2/h4-5,8,12H,3,6-7H2,1-2H3. The maximum Gasteiger partial charge on any atom is 0.273 e. The molecule has 0 radical (unpaired) electrons. The summed E-state index contributed by atoms with van der Waals surface area (Å²) in [5, 5.41) is 10.7. The van der Waals surface area contributed by atoms with Gasteiger partial charge in [0, 0.05) is 13.2 Å². The smallest absolute Gasteiger partial charge is 0.273 e. The van der Waals surface area contributed by atoms with Crippen LogP contribution in [0.15, 0.2) is 18.2 Å². The van der Waals surface area contributed by atoms with Crippen molar-refractivity contribution in [2.45, 2.75) is 6.92 Å². The molecule has 0 aromatic heterocycles. The molecule has 0 aliphatic rings. The molecule has 1 aromatic carbocycles. The first kappa shape index (κ1) is 14.2. The molecule has 0 saturated carbocycles. The summed E-state index contributed by atoms with van der Waals surface area (Å²) in [4.78, 5) is 15.2. The quantitative estimate of drug-likeness (QED) is 0.435. The van der Waals surface area contributed by atoms with E-state index in [4.69, 9.17) is 14.3 Å². The van der Waals surface area contributed by atoms with E-state index in [1.807, 2.05) is 6.92 Å². The SMILES string of the molecule is CCONc1ccc([N+](=O)[O-])cc1OCCOC. The van der Waals surface area contributed by atoms with Gasteiger partial charge in [0.25, 0.3) is 5.69 Å². The third-order valence-corrected chi connectivity index (χ3v) is 2.05. The van der Waals surface area contributed by atoms with Gasteiger partial charge in [-0.15, -0.1) is 0 Å². The Kier molecular flexibility index (Phi) is 5.89. The van der Waals surface area contributed by atoms with E-state index in [0.29, 0.717) is 31.3 Å². The Morgan fingerprint density at radius 3 is 2.78 bits per heavy atom. The van der Waals surface area contributed by atoms with Gasteiger partial charge in [-0.1, -0.05) is 0 Å². The third kappa shape index (κ3) is 4.19. The molecule has 7 nitrogen and oxygen atoms in total. The van der Waals surface area contributed by atoms with Gasteiger partial charge in [-0.25, -0.2) is 0 Å². The molecule has 0 aliphatic heterocycles. The fraction of sp³-hybridized carbons (Fsp3) is 0.455. The number of hydrogen-bond acceptors (Lipinski definition) is 6. The van der Waals surface area contributed by atoms with Gasteiger partial charge in [0.2, 0.25) is 0 Å². The summed E-state index contributed by atoms with van der Waals surface area (Å²) in [6, 6.07) is 4.26. The lowest BCUT2D eigenvalue weighted by Gasteiger charge is -2.12. The zero-order valence-corrected chi connectivity index (χ0v) is 10.3. The zero-order chi connectivity index (χ0) is 13.4. The molecule has 18 heavy (non-hydrogen) atoms. The van der Waals surface area contributed by atoms with E-state index in [2.05, 4.69) is 5.48 Å². The van der Waals surface area contributed by atoms with Gasteiger partial charge < -0.3 is 9.47 Å². The number of anilines is 1. The third-order valence-electron chi connectivity index (χ3n) is 2.05. The predicted molar refractivity (Wildman–Crippen MR) is 65.7 cm³/mol. The van der Waals surface area contributed by atoms with Crippen LogP contribution in [0.25, 0.3) is 0 Å². The predicted octanol–water partition coefficient (Wildman–Crippen LogP) is 1.98. The van der Waals surface area contributed by atoms with Gasteiger partial charge in [-0.05, 0) is 13.0 Å². The zero-order valence-electron chi connectivity index (χ0n) is 10.3. The van der Waals surface area contributed by atoms with Crippen LogP contribution in [0, 0.1) is 10.1 Å². The van der Waals surface area contributed by atoms with Crippen molar-refractivity contribution in [1.29, 1.82) is 0 Å². The maximum atomic E-state index is 10.7. The minimum atomic E-state index is -0.479. The van der Waals surface area contributed by atoms with E-state index in [1.54, 1.807) is 7.11 Å². The largest absolute Gasteiger partial charge is 0.489 e. The lowest BCUT2D eigenvalue weighted by molar-refractivity contribution is -0.384. The Balaban J connectivity index is 2.83. The Morgan fingerprint density at radius 1 is 1.39 bits per heavy atom. The number of rotatable bonds is 8. The second-order valence-corrected chi connectivity index (χ2v) is 3.31. The van der Waals surface area contributed by atoms with Crippen LogP contribution < -0.4 is 10.2 Å². The number of non-ortho nitro benzene ring substituents is 1. The van der Waals surface area contributed by atoms with Gasteiger partial charge in [-0.2, -0.15) is 0 Å². The van der Waals surface area contributed by atoms with E-state index in [1.165, 1.54) is 18.2 Å². The number of nitro benzene ring substituents is 1. The van der Waals surface area contributed by atoms with E-state index in [9.17, 15) is 10.1 Å². The van der Waals surface area contributed by atoms with Crippen molar-refractivity contribution in [2.24, 2.45) is 0 Å². The molecule has 0 aliphatic carbocycles. The van der Waals surface area contributed by atoms with Gasteiger partial charge in [0.15, 0.2) is 5.75 Å². The van der Waals surface area contributed by atoms with Crippen LogP contribution in [-0.2, 0) is 9.57 Å². The Bertz CT molecular complexity index is 397. The van der Waals surface area contributed by atoms with Crippen molar-refractivity contribution in [3.63, 3.8) is 0 Å². The molecular weight excluding hydrogens is 240 g/mol. The Morgan fingerprint density at radius 2 is 2.17 bits per heavy atom. The summed E-state index contributed by atoms with van der Waals surface area (Å²) in [5.41, 5.74) is 3.17. The Hall–Kier alpha value is -1.86. The first-order valence-electron chi connectivity index (χ1n) is 5.47. The normalized spacial score (nSPS) is 10.1. The average Bonchev–Trinajstić information content (AvgIpc) is 2.37. The number of ether oxygens (including phenoxy) is 2. The number of nitrogens with one attached hydrogen (secondary N) is 1. The van der Waals surface area contributed by atoms with Crippen LogP contribution >= 0.6 is 0 Å². The molecule has 0 bridgehead atoms. The molecular formula is C11H16N2O5. The average molecular weight is 256 g/mol. The second kappa shape index (κ2) is 7.46. The second-order valence-electron chi connectivity index (χ2n) is 3.31. The highest BCUT2D eigenvalue weighted by Crippen LogP contribution is 2.29. The first-order chi connectivity index (χ1) is 8.69. The van der Waals surface area contributed by atoms with Crippen LogP contribution in [0.3, 0.4) is 0 Å². The molecule has 100 valence electrons. The molecule has 0 amide bonds. The molecule has 0 unspecified atom stereocenters. The molecule has 0 fully saturated rings. The van der Waals surface area contributed by atoms with Crippen molar-refractivity contribution in [3.8, 4) is 5.75 Å². The highest BCUT2D eigenvalue weighted by Gasteiger charge is 2.12. The minimum absolute atomic E-state index is 0.0375. The number of methoxy groups -OCH3 is 1. The summed E-state index contributed by atoms with van der Waals surface area (Å²) in [7, 11) is 1.55. The molecule has 1 rings (SSSR count). The summed E-state index contributed by atoms with van der Waals surface area (Å²) >= 11 is 0. The molecule has 1 aromatic rings. The minimum Gasteiger partial charge on any atom is -0.489 e. The topological polar surface area (TPSA) is 82.9 Å². The van der Waals surface area contributed by atoms with Crippen molar-refractivity contribution < 1.29 is 19.2 Å². The molecule has 0 saturated heterocycles. The van der Waals surface area contributed by atoms with Crippen LogP contribution in [-0.4, -0.2) is 31.9 Å². The van der Waals surface area contributed by atoms with Gasteiger partial charge in [-0.3, -0.25) is 20.4 Å². The summed E-state index contributed by atoms with van der Waals surface area (Å²) in [6.07, 6.45) is 0. The van der Waals surface area contributed by atoms with Crippen molar-refractivity contribution >= 4 is 11.4 Å². The van der Waals surface area contributed by atoms with Crippen molar-refractivity contribution in [3.05, 3.63) is 28.3 Å². The van der Waals surface area contributed by atoms with E-state index in [0.717, 1.165) is 0 Å². The van der Waals surface area contributed by atoms with Crippen molar-refractivity contribution in [2.75, 3.05) is 32.4 Å². The fourth-order valence-corrected chi connectivity index (χ4v) is 1.21. The summed E-state index contributed by atoms with van der Waals surface area (Å²) in [5.74, 6) is 0.356. The highest BCUT2D eigenvalue weighted by molar-refractivity contribution is 5.59. The fourth-order valence-electron chi connectivity index (χ4n) is 1.21. The molecule has 0 spiro atoms. The highest BCUT2D eigenvalue weighted by atomic mass is 16.6. The molecule has 0 heterocycles. The summed E-state index contributed by atoms with van der Waals surface area (Å²) < 4.78 is 10.2. The van der Waals surface area contributed by atoms with Gasteiger partial charge in [0.05, 0.1) is 24.2 Å². The number of benzene rings is 1. The number of nitro groups is 1.